The maximum Gasteiger partial charge on any atom is 0.513 e. The van der Waals surface area contributed by atoms with Gasteiger partial charge in [0.25, 0.3) is 0 Å². The van der Waals surface area contributed by atoms with Crippen LogP contribution in [0.5, 0.6) is 11.5 Å². The molecule has 0 aliphatic carbocycles. The second-order valence-corrected chi connectivity index (χ2v) is 9.84. The fraction of sp³-hybridized carbons (Fsp3) is 0.643. The van der Waals surface area contributed by atoms with Crippen LogP contribution in [-0.4, -0.2) is 54.2 Å². The first-order chi connectivity index (χ1) is 18.4. The summed E-state index contributed by atoms with van der Waals surface area (Å²) in [7, 11) is 0. The van der Waals surface area contributed by atoms with Crippen LogP contribution in [0.1, 0.15) is 85.1 Å². The number of carbonyl (C=O) groups is 4. The molecule has 0 heterocycles. The van der Waals surface area contributed by atoms with Gasteiger partial charge in [-0.05, 0) is 37.5 Å². The van der Waals surface area contributed by atoms with Crippen LogP contribution in [-0.2, 0) is 30.2 Å². The molecule has 1 rings (SSSR count). The predicted molar refractivity (Wildman–Crippen MR) is 143 cm³/mol. The largest absolute Gasteiger partial charge is 0.513 e. The van der Waals surface area contributed by atoms with Crippen molar-refractivity contribution in [1.82, 2.24) is 0 Å². The van der Waals surface area contributed by atoms with Crippen molar-refractivity contribution in [3.63, 3.8) is 0 Å². The number of nitrogens with two attached hydrogens (primary N) is 1. The molecule has 0 aliphatic heterocycles. The molecule has 0 radical (unpaired) electrons. The fourth-order valence-corrected chi connectivity index (χ4v) is 3.57. The highest BCUT2D eigenvalue weighted by Crippen LogP contribution is 2.31. The summed E-state index contributed by atoms with van der Waals surface area (Å²) in [6.07, 6.45) is 1.89. The average molecular weight is 554 g/mol. The first-order valence-electron chi connectivity index (χ1n) is 13.5. The predicted octanol–water partition coefficient (Wildman–Crippen LogP) is 5.40. The highest BCUT2D eigenvalue weighted by Gasteiger charge is 2.37. The Kier molecular flexibility index (Phi) is 14.9. The Morgan fingerprint density at radius 3 is 1.90 bits per heavy atom. The summed E-state index contributed by atoms with van der Waals surface area (Å²) < 4.78 is 26.0. The smallest absolute Gasteiger partial charge is 0.480 e. The molecule has 220 valence electrons. The minimum absolute atomic E-state index is 0.109. The Labute approximate surface area is 230 Å². The normalized spacial score (nSPS) is 13.2. The van der Waals surface area contributed by atoms with E-state index in [0.29, 0.717) is 18.4 Å². The van der Waals surface area contributed by atoms with Crippen molar-refractivity contribution in [2.24, 2.45) is 11.7 Å². The van der Waals surface area contributed by atoms with Gasteiger partial charge >= 0.3 is 24.2 Å². The zero-order chi connectivity index (χ0) is 29.4. The summed E-state index contributed by atoms with van der Waals surface area (Å²) >= 11 is 0. The van der Waals surface area contributed by atoms with Crippen LogP contribution in [0.4, 0.5) is 9.59 Å². The number of carboxylic acid groups (broad SMARTS) is 1. The van der Waals surface area contributed by atoms with Crippen LogP contribution in [0.25, 0.3) is 0 Å². The number of esters is 1. The molecular weight excluding hydrogens is 510 g/mol. The number of carbonyl (C=O) groups excluding carboxylic acids is 3. The Morgan fingerprint density at radius 1 is 0.872 bits per heavy atom. The van der Waals surface area contributed by atoms with Crippen LogP contribution in [0, 0.1) is 5.92 Å². The second kappa shape index (κ2) is 17.3. The maximum absolute atomic E-state index is 12.3. The van der Waals surface area contributed by atoms with E-state index in [1.165, 1.54) is 18.2 Å². The van der Waals surface area contributed by atoms with Gasteiger partial charge < -0.3 is 34.5 Å². The number of unbranched alkanes of at least 4 members (excludes halogenated alkanes) is 4. The molecule has 0 amide bonds. The number of hydrogen-bond acceptors (Lipinski definition) is 10. The average Bonchev–Trinajstić information content (AvgIpc) is 2.85. The molecule has 0 saturated carbocycles. The molecule has 11 nitrogen and oxygen atoms in total. The van der Waals surface area contributed by atoms with E-state index in [-0.39, 0.29) is 43.5 Å². The molecule has 1 aromatic rings. The van der Waals surface area contributed by atoms with Crippen molar-refractivity contribution in [3.8, 4) is 11.5 Å². The van der Waals surface area contributed by atoms with Gasteiger partial charge in [-0.2, -0.15) is 0 Å². The van der Waals surface area contributed by atoms with Crippen LogP contribution in [0.2, 0.25) is 0 Å². The first-order valence-corrected chi connectivity index (χ1v) is 13.5. The van der Waals surface area contributed by atoms with Gasteiger partial charge in [0.05, 0.1) is 19.1 Å². The van der Waals surface area contributed by atoms with E-state index in [2.05, 4.69) is 0 Å². The number of hydrogen-bond donors (Lipinski definition) is 2. The molecule has 0 bridgehead atoms. The minimum atomic E-state index is -1.81. The molecule has 2 atom stereocenters. The van der Waals surface area contributed by atoms with Gasteiger partial charge in [-0.3, -0.25) is 9.59 Å². The molecule has 1 unspecified atom stereocenters. The fourth-order valence-electron chi connectivity index (χ4n) is 3.57. The van der Waals surface area contributed by atoms with Crippen LogP contribution < -0.4 is 15.2 Å². The Balaban J connectivity index is 3.11. The highest BCUT2D eigenvalue weighted by atomic mass is 16.7. The molecule has 39 heavy (non-hydrogen) atoms. The van der Waals surface area contributed by atoms with Gasteiger partial charge in [-0.15, -0.1) is 0 Å². The zero-order valence-electron chi connectivity index (χ0n) is 23.7. The van der Waals surface area contributed by atoms with Crippen LogP contribution in [0.15, 0.2) is 18.2 Å². The van der Waals surface area contributed by atoms with Gasteiger partial charge in [-0.1, -0.05) is 59.4 Å². The lowest BCUT2D eigenvalue weighted by Gasteiger charge is -2.28. The van der Waals surface area contributed by atoms with Gasteiger partial charge in [0.2, 0.25) is 0 Å². The summed E-state index contributed by atoms with van der Waals surface area (Å²) in [6, 6.07) is 4.20. The summed E-state index contributed by atoms with van der Waals surface area (Å²) in [5.74, 6) is -2.42. The number of rotatable bonds is 17. The zero-order valence-corrected chi connectivity index (χ0v) is 23.7. The molecule has 0 aliphatic rings. The van der Waals surface area contributed by atoms with Gasteiger partial charge in [0.1, 0.15) is 11.6 Å². The molecule has 0 aromatic heterocycles. The van der Waals surface area contributed by atoms with Crippen LogP contribution >= 0.6 is 0 Å². The van der Waals surface area contributed by atoms with E-state index in [4.69, 9.17) is 29.4 Å². The van der Waals surface area contributed by atoms with E-state index >= 15 is 0 Å². The van der Waals surface area contributed by atoms with E-state index in [1.807, 2.05) is 13.8 Å². The Morgan fingerprint density at radius 2 is 1.41 bits per heavy atom. The third-order valence-corrected chi connectivity index (χ3v) is 5.72. The molecule has 0 spiro atoms. The van der Waals surface area contributed by atoms with Crippen molar-refractivity contribution >= 4 is 24.2 Å². The number of carboxylic acids is 1. The molecule has 0 fully saturated rings. The topological polar surface area (TPSA) is 161 Å². The maximum atomic E-state index is 12.3. The summed E-state index contributed by atoms with van der Waals surface area (Å²) in [5.41, 5.74) is 4.81. The third kappa shape index (κ3) is 12.8. The number of ether oxygens (including phenoxy) is 5. The Bertz CT molecular complexity index is 948. The van der Waals surface area contributed by atoms with Crippen molar-refractivity contribution in [2.75, 3.05) is 13.2 Å². The van der Waals surface area contributed by atoms with E-state index in [9.17, 15) is 24.3 Å². The van der Waals surface area contributed by atoms with Crippen molar-refractivity contribution in [1.29, 1.82) is 0 Å². The lowest BCUT2D eigenvalue weighted by Crippen LogP contribution is -2.52. The molecular formula is C28H43NO10. The van der Waals surface area contributed by atoms with Crippen molar-refractivity contribution in [2.45, 2.75) is 97.6 Å². The SMILES string of the molecule is CCCCCOC(=O)Oc1ccc(CC(N)(C[C@H](C)OC(=O)C(C)C)C(=O)O)cc1OC(=O)OCCCCC. The van der Waals surface area contributed by atoms with E-state index < -0.39 is 35.9 Å². The van der Waals surface area contributed by atoms with Gasteiger partial charge in [0.15, 0.2) is 11.5 Å². The third-order valence-electron chi connectivity index (χ3n) is 5.72. The number of aliphatic carboxylic acids is 1. The summed E-state index contributed by atoms with van der Waals surface area (Å²) in [4.78, 5) is 48.5. The van der Waals surface area contributed by atoms with Gasteiger partial charge in [0, 0.05) is 12.8 Å². The molecule has 3 N–H and O–H groups in total. The monoisotopic (exact) mass is 553 g/mol. The lowest BCUT2D eigenvalue weighted by atomic mass is 9.86. The van der Waals surface area contributed by atoms with Gasteiger partial charge in [-0.25, -0.2) is 9.59 Å². The van der Waals surface area contributed by atoms with E-state index in [1.54, 1.807) is 20.8 Å². The van der Waals surface area contributed by atoms with E-state index in [0.717, 1.165) is 25.7 Å². The standard InChI is InChI=1S/C28H43NO10/c1-6-8-10-14-35-26(33)38-22-13-12-21(16-23(22)39-27(34)36-15-11-9-7-2)18-28(29,25(31)32)17-20(5)37-24(30)19(3)4/h12-13,16,19-20H,6-11,14-15,17-18,29H2,1-5H3,(H,31,32)/t20-,28?/m0/s1. The molecule has 0 saturated heterocycles. The molecule has 1 aromatic carbocycles. The van der Waals surface area contributed by atoms with Crippen molar-refractivity contribution < 1.29 is 48.0 Å². The second-order valence-electron chi connectivity index (χ2n) is 9.84. The first kappa shape index (κ1) is 33.7. The van der Waals surface area contributed by atoms with Crippen molar-refractivity contribution in [3.05, 3.63) is 23.8 Å². The lowest BCUT2D eigenvalue weighted by molar-refractivity contribution is -0.156. The molecule has 11 heteroatoms. The quantitative estimate of drug-likeness (QED) is 0.110. The minimum Gasteiger partial charge on any atom is -0.480 e. The van der Waals surface area contributed by atoms with Crippen LogP contribution in [0.3, 0.4) is 0 Å². The summed E-state index contributed by atoms with van der Waals surface area (Å²) in [6.45, 7) is 9.26. The highest BCUT2D eigenvalue weighted by molar-refractivity contribution is 5.79. The number of benzene rings is 1. The Hall–Kier alpha value is -3.34. The summed E-state index contributed by atoms with van der Waals surface area (Å²) in [5, 5.41) is 9.88.